The molecule has 90 valence electrons. The first-order chi connectivity index (χ1) is 8.36. The third kappa shape index (κ3) is 3.64. The third-order valence-electron chi connectivity index (χ3n) is 2.68. The molecule has 2 aromatic heterocycles. The topological polar surface area (TPSA) is 66.5 Å². The summed E-state index contributed by atoms with van der Waals surface area (Å²) in [5.74, 6) is 0. The lowest BCUT2D eigenvalue weighted by molar-refractivity contribution is 0.646. The van der Waals surface area contributed by atoms with Gasteiger partial charge in [0.15, 0.2) is 0 Å². The summed E-state index contributed by atoms with van der Waals surface area (Å²) in [5.41, 5.74) is 3.59. The standard InChI is InChI=1S/C12H17N5/c1-10-12(8-16-17-10)3-2-4-13-5-11-6-14-9-15-7-11/h6-9,13H,2-5H2,1H3,(H,16,17). The zero-order valence-corrected chi connectivity index (χ0v) is 9.98. The number of hydrogen-bond donors (Lipinski definition) is 2. The SMILES string of the molecule is Cc1[nH]ncc1CCCNCc1cncnc1. The van der Waals surface area contributed by atoms with Crippen molar-refractivity contribution in [2.24, 2.45) is 0 Å². The molecule has 0 saturated carbocycles. The monoisotopic (exact) mass is 231 g/mol. The molecule has 2 heterocycles. The van der Waals surface area contributed by atoms with E-state index in [1.165, 1.54) is 11.3 Å². The first-order valence-electron chi connectivity index (χ1n) is 5.79. The fourth-order valence-electron chi connectivity index (χ4n) is 1.69. The van der Waals surface area contributed by atoms with Gasteiger partial charge < -0.3 is 5.32 Å². The van der Waals surface area contributed by atoms with Crippen LogP contribution in [-0.4, -0.2) is 26.7 Å². The van der Waals surface area contributed by atoms with Crippen molar-refractivity contribution in [2.75, 3.05) is 6.54 Å². The van der Waals surface area contributed by atoms with Gasteiger partial charge in [0.25, 0.3) is 0 Å². The van der Waals surface area contributed by atoms with Crippen LogP contribution in [0.3, 0.4) is 0 Å². The van der Waals surface area contributed by atoms with Crippen molar-refractivity contribution in [3.63, 3.8) is 0 Å². The van der Waals surface area contributed by atoms with Gasteiger partial charge in [-0.1, -0.05) is 0 Å². The Morgan fingerprint density at radius 1 is 1.24 bits per heavy atom. The minimum Gasteiger partial charge on any atom is -0.313 e. The second-order valence-electron chi connectivity index (χ2n) is 4.05. The van der Waals surface area contributed by atoms with Crippen molar-refractivity contribution >= 4 is 0 Å². The minimum absolute atomic E-state index is 0.825. The molecule has 2 N–H and O–H groups in total. The van der Waals surface area contributed by atoms with Crippen molar-refractivity contribution in [1.82, 2.24) is 25.5 Å². The summed E-state index contributed by atoms with van der Waals surface area (Å²) >= 11 is 0. The highest BCUT2D eigenvalue weighted by molar-refractivity contribution is 5.14. The van der Waals surface area contributed by atoms with Crippen LogP contribution in [0.5, 0.6) is 0 Å². The Labute approximate surface area is 101 Å². The van der Waals surface area contributed by atoms with E-state index >= 15 is 0 Å². The maximum absolute atomic E-state index is 4.01. The van der Waals surface area contributed by atoms with E-state index in [1.54, 1.807) is 6.33 Å². The largest absolute Gasteiger partial charge is 0.313 e. The molecule has 5 nitrogen and oxygen atoms in total. The van der Waals surface area contributed by atoms with Gasteiger partial charge in [-0.05, 0) is 31.9 Å². The predicted molar refractivity (Wildman–Crippen MR) is 65.4 cm³/mol. The molecule has 17 heavy (non-hydrogen) atoms. The lowest BCUT2D eigenvalue weighted by Crippen LogP contribution is -2.15. The molecule has 2 aromatic rings. The Hall–Kier alpha value is -1.75. The summed E-state index contributed by atoms with van der Waals surface area (Å²) in [6.45, 7) is 3.86. The van der Waals surface area contributed by atoms with Gasteiger partial charge in [-0.3, -0.25) is 5.10 Å². The van der Waals surface area contributed by atoms with E-state index in [9.17, 15) is 0 Å². The number of aromatic nitrogens is 4. The van der Waals surface area contributed by atoms with Gasteiger partial charge in [0.1, 0.15) is 6.33 Å². The Kier molecular flexibility index (Phi) is 4.21. The molecule has 0 aliphatic heterocycles. The molecule has 0 fully saturated rings. The van der Waals surface area contributed by atoms with Gasteiger partial charge >= 0.3 is 0 Å². The maximum atomic E-state index is 4.01. The minimum atomic E-state index is 0.825. The van der Waals surface area contributed by atoms with E-state index in [4.69, 9.17) is 0 Å². The molecule has 0 aliphatic carbocycles. The van der Waals surface area contributed by atoms with Gasteiger partial charge in [-0.15, -0.1) is 0 Å². The predicted octanol–water partition coefficient (Wildman–Crippen LogP) is 1.23. The van der Waals surface area contributed by atoms with E-state index in [1.807, 2.05) is 18.6 Å². The molecule has 0 amide bonds. The summed E-state index contributed by atoms with van der Waals surface area (Å²) in [6.07, 6.45) is 9.28. The third-order valence-corrected chi connectivity index (χ3v) is 2.68. The zero-order chi connectivity index (χ0) is 11.9. The number of hydrogen-bond acceptors (Lipinski definition) is 4. The Morgan fingerprint density at radius 3 is 2.76 bits per heavy atom. The highest BCUT2D eigenvalue weighted by Gasteiger charge is 1.99. The van der Waals surface area contributed by atoms with Crippen LogP contribution in [0.2, 0.25) is 0 Å². The van der Waals surface area contributed by atoms with Crippen LogP contribution in [0.25, 0.3) is 0 Å². The molecule has 0 unspecified atom stereocenters. The molecule has 0 aliphatic rings. The van der Waals surface area contributed by atoms with E-state index in [0.29, 0.717) is 0 Å². The second kappa shape index (κ2) is 6.10. The van der Waals surface area contributed by atoms with Crippen LogP contribution in [0.15, 0.2) is 24.9 Å². The average Bonchev–Trinajstić information content (AvgIpc) is 2.76. The summed E-state index contributed by atoms with van der Waals surface area (Å²) < 4.78 is 0. The number of aromatic amines is 1. The second-order valence-corrected chi connectivity index (χ2v) is 4.05. The molecule has 0 aromatic carbocycles. The first-order valence-corrected chi connectivity index (χ1v) is 5.79. The van der Waals surface area contributed by atoms with Gasteiger partial charge in [0.2, 0.25) is 0 Å². The van der Waals surface area contributed by atoms with Crippen molar-refractivity contribution < 1.29 is 0 Å². The highest BCUT2D eigenvalue weighted by atomic mass is 15.1. The van der Waals surface area contributed by atoms with Crippen LogP contribution in [0.1, 0.15) is 23.2 Å². The number of nitrogens with one attached hydrogen (secondary N) is 2. The van der Waals surface area contributed by atoms with Crippen LogP contribution >= 0.6 is 0 Å². The number of nitrogens with zero attached hydrogens (tertiary/aromatic N) is 3. The number of H-pyrrole nitrogens is 1. The molecule has 0 saturated heterocycles. The molecule has 0 spiro atoms. The lowest BCUT2D eigenvalue weighted by Gasteiger charge is -2.03. The fourth-order valence-corrected chi connectivity index (χ4v) is 1.69. The van der Waals surface area contributed by atoms with Crippen molar-refractivity contribution in [3.8, 4) is 0 Å². The smallest absolute Gasteiger partial charge is 0.115 e. The molecular formula is C12H17N5. The molecule has 0 bridgehead atoms. The lowest BCUT2D eigenvalue weighted by atomic mass is 10.1. The normalized spacial score (nSPS) is 10.6. The van der Waals surface area contributed by atoms with Crippen molar-refractivity contribution in [3.05, 3.63) is 41.7 Å². The van der Waals surface area contributed by atoms with Crippen LogP contribution in [0.4, 0.5) is 0 Å². The van der Waals surface area contributed by atoms with Gasteiger partial charge in [-0.25, -0.2) is 9.97 Å². The van der Waals surface area contributed by atoms with E-state index in [0.717, 1.165) is 31.5 Å². The van der Waals surface area contributed by atoms with Gasteiger partial charge in [-0.2, -0.15) is 5.10 Å². The van der Waals surface area contributed by atoms with E-state index < -0.39 is 0 Å². The maximum Gasteiger partial charge on any atom is 0.115 e. The Balaban J connectivity index is 1.63. The summed E-state index contributed by atoms with van der Waals surface area (Å²) in [5, 5.41) is 10.3. The average molecular weight is 231 g/mol. The quantitative estimate of drug-likeness (QED) is 0.734. The van der Waals surface area contributed by atoms with E-state index in [2.05, 4.69) is 32.4 Å². The summed E-state index contributed by atoms with van der Waals surface area (Å²) in [6, 6.07) is 0. The van der Waals surface area contributed by atoms with Crippen LogP contribution in [-0.2, 0) is 13.0 Å². The first kappa shape index (κ1) is 11.7. The molecule has 2 rings (SSSR count). The fraction of sp³-hybridized carbons (Fsp3) is 0.417. The van der Waals surface area contributed by atoms with Crippen LogP contribution < -0.4 is 5.32 Å². The van der Waals surface area contributed by atoms with Crippen molar-refractivity contribution in [1.29, 1.82) is 0 Å². The number of rotatable bonds is 6. The van der Waals surface area contributed by atoms with Gasteiger partial charge in [0, 0.05) is 30.2 Å². The van der Waals surface area contributed by atoms with Crippen LogP contribution in [0, 0.1) is 6.92 Å². The summed E-state index contributed by atoms with van der Waals surface area (Å²) in [4.78, 5) is 7.94. The molecular weight excluding hydrogens is 214 g/mol. The molecule has 5 heteroatoms. The van der Waals surface area contributed by atoms with Crippen molar-refractivity contribution in [2.45, 2.75) is 26.3 Å². The Bertz CT molecular complexity index is 437. The molecule has 0 radical (unpaired) electrons. The highest BCUT2D eigenvalue weighted by Crippen LogP contribution is 2.05. The van der Waals surface area contributed by atoms with Gasteiger partial charge in [0.05, 0.1) is 6.20 Å². The Morgan fingerprint density at radius 2 is 2.06 bits per heavy atom. The van der Waals surface area contributed by atoms with E-state index in [-0.39, 0.29) is 0 Å². The summed E-state index contributed by atoms with van der Waals surface area (Å²) in [7, 11) is 0. The zero-order valence-electron chi connectivity index (χ0n) is 9.98. The molecule has 0 atom stereocenters. The number of aryl methyl sites for hydroxylation is 2.